The van der Waals surface area contributed by atoms with Gasteiger partial charge in [0, 0.05) is 12.1 Å². The molecule has 2 aromatic heterocycles. The van der Waals surface area contributed by atoms with Gasteiger partial charge in [0.05, 0.1) is 12.2 Å². The van der Waals surface area contributed by atoms with Crippen LogP contribution in [-0.4, -0.2) is 27.6 Å². The number of halogens is 2. The second kappa shape index (κ2) is 6.12. The van der Waals surface area contributed by atoms with Crippen LogP contribution in [-0.2, 0) is 4.79 Å². The molecule has 1 amide bonds. The molecular formula is C17H15F2N5O. The van der Waals surface area contributed by atoms with E-state index in [1.165, 1.54) is 16.8 Å². The van der Waals surface area contributed by atoms with Gasteiger partial charge in [-0.3, -0.25) is 4.79 Å². The predicted molar refractivity (Wildman–Crippen MR) is 88.4 cm³/mol. The molecule has 3 aromatic rings. The third-order valence-corrected chi connectivity index (χ3v) is 4.42. The van der Waals surface area contributed by atoms with Crippen LogP contribution in [0.2, 0.25) is 0 Å². The Kier molecular flexibility index (Phi) is 3.79. The lowest BCUT2D eigenvalue weighted by Gasteiger charge is -2.26. The SMILES string of the molecule is O=CNc1cnc2ccc(N3CCC[C@@H]3c3cc(F)ccc3F)nn12. The molecule has 0 saturated carbocycles. The molecule has 25 heavy (non-hydrogen) atoms. The number of carbonyl (C=O) groups excluding carboxylic acids is 1. The first-order valence-electron chi connectivity index (χ1n) is 7.94. The highest BCUT2D eigenvalue weighted by molar-refractivity contribution is 5.70. The molecular weight excluding hydrogens is 328 g/mol. The van der Waals surface area contributed by atoms with E-state index in [1.807, 2.05) is 4.90 Å². The van der Waals surface area contributed by atoms with Crippen LogP contribution >= 0.6 is 0 Å². The number of rotatable bonds is 4. The number of nitrogens with zero attached hydrogens (tertiary/aromatic N) is 4. The van der Waals surface area contributed by atoms with E-state index >= 15 is 0 Å². The molecule has 0 radical (unpaired) electrons. The summed E-state index contributed by atoms with van der Waals surface area (Å²) in [4.78, 5) is 16.8. The minimum Gasteiger partial charge on any atom is -0.348 e. The van der Waals surface area contributed by atoms with E-state index in [0.29, 0.717) is 42.2 Å². The van der Waals surface area contributed by atoms with E-state index in [2.05, 4.69) is 15.4 Å². The van der Waals surface area contributed by atoms with E-state index in [9.17, 15) is 13.6 Å². The van der Waals surface area contributed by atoms with Crippen molar-refractivity contribution >= 4 is 23.7 Å². The highest BCUT2D eigenvalue weighted by atomic mass is 19.1. The number of carbonyl (C=O) groups is 1. The first-order chi connectivity index (χ1) is 12.2. The van der Waals surface area contributed by atoms with Gasteiger partial charge in [0.1, 0.15) is 17.5 Å². The first kappa shape index (κ1) is 15.5. The Morgan fingerprint density at radius 3 is 2.96 bits per heavy atom. The number of fused-ring (bicyclic) bond motifs is 1. The van der Waals surface area contributed by atoms with Gasteiger partial charge in [0.25, 0.3) is 0 Å². The lowest BCUT2D eigenvalue weighted by molar-refractivity contribution is -0.105. The monoisotopic (exact) mass is 343 g/mol. The van der Waals surface area contributed by atoms with Crippen molar-refractivity contribution < 1.29 is 13.6 Å². The largest absolute Gasteiger partial charge is 0.348 e. The molecule has 1 saturated heterocycles. The molecule has 6 nitrogen and oxygen atoms in total. The summed E-state index contributed by atoms with van der Waals surface area (Å²) < 4.78 is 29.3. The second-order valence-corrected chi connectivity index (χ2v) is 5.88. The minimum atomic E-state index is -0.459. The molecule has 4 rings (SSSR count). The molecule has 1 atom stereocenters. The van der Waals surface area contributed by atoms with E-state index in [0.717, 1.165) is 18.6 Å². The summed E-state index contributed by atoms with van der Waals surface area (Å²) in [5.74, 6) is 0.175. The number of aromatic nitrogens is 3. The van der Waals surface area contributed by atoms with E-state index in [4.69, 9.17) is 0 Å². The molecule has 1 aliphatic rings. The summed E-state index contributed by atoms with van der Waals surface area (Å²) in [7, 11) is 0. The standard InChI is InChI=1S/C17H15F2N5O/c18-11-3-4-13(19)12(8-11)14-2-1-7-23(14)16-6-5-15-20-9-17(21-10-25)24(15)22-16/h3-6,8-10,14H,1-2,7H2,(H,21,25)/t14-/m1/s1. The predicted octanol–water partition coefficient (Wildman–Crippen LogP) is 2.92. The Labute approximate surface area is 142 Å². The fourth-order valence-corrected chi connectivity index (χ4v) is 3.31. The van der Waals surface area contributed by atoms with Crippen molar-refractivity contribution in [1.29, 1.82) is 0 Å². The van der Waals surface area contributed by atoms with Crippen LogP contribution in [0.4, 0.5) is 20.4 Å². The van der Waals surface area contributed by atoms with Crippen molar-refractivity contribution in [3.8, 4) is 0 Å². The normalized spacial score (nSPS) is 17.2. The fourth-order valence-electron chi connectivity index (χ4n) is 3.31. The van der Waals surface area contributed by atoms with Crippen LogP contribution in [0.15, 0.2) is 36.5 Å². The fraction of sp³-hybridized carbons (Fsp3) is 0.235. The second-order valence-electron chi connectivity index (χ2n) is 5.88. The number of nitrogens with one attached hydrogen (secondary N) is 1. The maximum Gasteiger partial charge on any atom is 0.212 e. The van der Waals surface area contributed by atoms with Gasteiger partial charge in [0.15, 0.2) is 11.5 Å². The molecule has 0 unspecified atom stereocenters. The first-order valence-corrected chi connectivity index (χ1v) is 7.94. The van der Waals surface area contributed by atoms with Crippen molar-refractivity contribution in [3.63, 3.8) is 0 Å². The molecule has 8 heteroatoms. The lowest BCUT2D eigenvalue weighted by atomic mass is 10.0. The molecule has 1 aliphatic heterocycles. The lowest BCUT2D eigenvalue weighted by Crippen LogP contribution is -2.25. The van der Waals surface area contributed by atoms with Gasteiger partial charge < -0.3 is 10.2 Å². The molecule has 3 heterocycles. The van der Waals surface area contributed by atoms with Crippen LogP contribution in [0.3, 0.4) is 0 Å². The van der Waals surface area contributed by atoms with E-state index < -0.39 is 11.6 Å². The summed E-state index contributed by atoms with van der Waals surface area (Å²) in [6, 6.07) is 6.79. The van der Waals surface area contributed by atoms with Crippen LogP contribution in [0, 0.1) is 11.6 Å². The van der Waals surface area contributed by atoms with Gasteiger partial charge in [0.2, 0.25) is 6.41 Å². The van der Waals surface area contributed by atoms with Crippen LogP contribution in [0.5, 0.6) is 0 Å². The highest BCUT2D eigenvalue weighted by Crippen LogP contribution is 2.36. The average molecular weight is 343 g/mol. The zero-order valence-electron chi connectivity index (χ0n) is 13.2. The number of hydrogen-bond donors (Lipinski definition) is 1. The number of benzene rings is 1. The average Bonchev–Trinajstić information content (AvgIpc) is 3.24. The Morgan fingerprint density at radius 1 is 1.24 bits per heavy atom. The van der Waals surface area contributed by atoms with Crippen LogP contribution in [0.1, 0.15) is 24.4 Å². The minimum absolute atomic E-state index is 0.286. The summed E-state index contributed by atoms with van der Waals surface area (Å²) in [6.45, 7) is 0.685. The number of anilines is 2. The molecule has 0 aliphatic carbocycles. The molecule has 0 spiro atoms. The third kappa shape index (κ3) is 2.69. The van der Waals surface area contributed by atoms with Gasteiger partial charge >= 0.3 is 0 Å². The third-order valence-electron chi connectivity index (χ3n) is 4.42. The zero-order valence-corrected chi connectivity index (χ0v) is 13.2. The van der Waals surface area contributed by atoms with Crippen molar-refractivity contribution in [3.05, 3.63) is 53.7 Å². The maximum atomic E-state index is 14.2. The highest BCUT2D eigenvalue weighted by Gasteiger charge is 2.30. The smallest absolute Gasteiger partial charge is 0.212 e. The number of imidazole rings is 1. The molecule has 1 fully saturated rings. The summed E-state index contributed by atoms with van der Waals surface area (Å²) in [6.07, 6.45) is 3.62. The van der Waals surface area contributed by atoms with E-state index in [1.54, 1.807) is 12.1 Å². The van der Waals surface area contributed by atoms with Crippen molar-refractivity contribution in [2.75, 3.05) is 16.8 Å². The molecule has 1 aromatic carbocycles. The van der Waals surface area contributed by atoms with Crippen molar-refractivity contribution in [1.82, 2.24) is 14.6 Å². The molecule has 1 N–H and O–H groups in total. The molecule has 0 bridgehead atoms. The van der Waals surface area contributed by atoms with Crippen LogP contribution in [0.25, 0.3) is 5.65 Å². The maximum absolute atomic E-state index is 14.2. The van der Waals surface area contributed by atoms with Gasteiger partial charge in [-0.2, -0.15) is 4.52 Å². The molecule has 128 valence electrons. The Hall–Kier alpha value is -3.03. The quantitative estimate of drug-likeness (QED) is 0.740. The number of hydrogen-bond acceptors (Lipinski definition) is 4. The Bertz CT molecular complexity index is 942. The van der Waals surface area contributed by atoms with Crippen molar-refractivity contribution in [2.24, 2.45) is 0 Å². The summed E-state index contributed by atoms with van der Waals surface area (Å²) >= 11 is 0. The summed E-state index contributed by atoms with van der Waals surface area (Å²) in [5.41, 5.74) is 0.914. The van der Waals surface area contributed by atoms with Gasteiger partial charge in [-0.1, -0.05) is 0 Å². The Balaban J connectivity index is 1.75. The Morgan fingerprint density at radius 2 is 2.12 bits per heavy atom. The van der Waals surface area contributed by atoms with Gasteiger partial charge in [-0.25, -0.2) is 13.8 Å². The van der Waals surface area contributed by atoms with Gasteiger partial charge in [-0.15, -0.1) is 5.10 Å². The number of amides is 1. The van der Waals surface area contributed by atoms with Gasteiger partial charge in [-0.05, 0) is 43.2 Å². The zero-order chi connectivity index (χ0) is 17.4. The topological polar surface area (TPSA) is 62.5 Å². The van der Waals surface area contributed by atoms with E-state index in [-0.39, 0.29) is 6.04 Å². The summed E-state index contributed by atoms with van der Waals surface area (Å²) in [5, 5.41) is 7.04. The van der Waals surface area contributed by atoms with Crippen molar-refractivity contribution in [2.45, 2.75) is 18.9 Å². The van der Waals surface area contributed by atoms with Crippen LogP contribution < -0.4 is 10.2 Å².